The van der Waals surface area contributed by atoms with Crippen LogP contribution in [-0.4, -0.2) is 30.8 Å². The Morgan fingerprint density at radius 1 is 0.912 bits per heavy atom. The number of nitrogens with zero attached hydrogens (tertiary/aromatic N) is 3. The smallest absolute Gasteiger partial charge is 0.282 e. The molecule has 1 heterocycles. The molecule has 0 aromatic heterocycles. The average Bonchev–Trinajstić information content (AvgIpc) is 3.05. The molecular formula is C24H18F2N4O4. The van der Waals surface area contributed by atoms with Crippen LogP contribution in [0.1, 0.15) is 5.56 Å². The molecular weight excluding hydrogens is 446 g/mol. The summed E-state index contributed by atoms with van der Waals surface area (Å²) in [5.74, 6) is -3.56. The minimum atomic E-state index is -0.956. The summed E-state index contributed by atoms with van der Waals surface area (Å²) in [7, 11) is 3.73. The Kier molecular flexibility index (Phi) is 5.80. The first-order valence-corrected chi connectivity index (χ1v) is 10.0. The fourth-order valence-electron chi connectivity index (χ4n) is 3.53. The van der Waals surface area contributed by atoms with Gasteiger partial charge in [0.2, 0.25) is 0 Å². The molecule has 3 aromatic carbocycles. The molecule has 2 amide bonds. The minimum Gasteiger partial charge on any atom is -0.378 e. The summed E-state index contributed by atoms with van der Waals surface area (Å²) in [5, 5.41) is 13.9. The van der Waals surface area contributed by atoms with Crippen LogP contribution in [0.5, 0.6) is 0 Å². The van der Waals surface area contributed by atoms with Gasteiger partial charge in [0.25, 0.3) is 17.5 Å². The van der Waals surface area contributed by atoms with Crippen molar-refractivity contribution in [1.29, 1.82) is 0 Å². The maximum atomic E-state index is 14.5. The molecule has 172 valence electrons. The number of anilines is 3. The number of imide groups is 1. The van der Waals surface area contributed by atoms with Gasteiger partial charge < -0.3 is 10.2 Å². The minimum absolute atomic E-state index is 0.125. The normalized spacial score (nSPS) is 13.5. The summed E-state index contributed by atoms with van der Waals surface area (Å²) in [5.41, 5.74) is 0.545. The lowest BCUT2D eigenvalue weighted by molar-refractivity contribution is -0.384. The molecule has 0 radical (unpaired) electrons. The quantitative estimate of drug-likeness (QED) is 0.331. The number of non-ortho nitro benzene ring substituents is 1. The topological polar surface area (TPSA) is 95.8 Å². The summed E-state index contributed by atoms with van der Waals surface area (Å²) in [6.45, 7) is 0. The summed E-state index contributed by atoms with van der Waals surface area (Å²) >= 11 is 0. The summed E-state index contributed by atoms with van der Waals surface area (Å²) in [4.78, 5) is 39.5. The second-order valence-corrected chi connectivity index (χ2v) is 7.66. The Balaban J connectivity index is 1.81. The first kappa shape index (κ1) is 22.6. The fraction of sp³-hybridized carbons (Fsp3) is 0.0833. The van der Waals surface area contributed by atoms with E-state index in [1.54, 1.807) is 24.3 Å². The highest BCUT2D eigenvalue weighted by Crippen LogP contribution is 2.35. The molecule has 0 saturated carbocycles. The zero-order chi connectivity index (χ0) is 24.6. The number of nitrogens with one attached hydrogen (secondary N) is 1. The molecule has 0 unspecified atom stereocenters. The van der Waals surface area contributed by atoms with E-state index in [0.717, 1.165) is 23.9 Å². The molecule has 1 aliphatic heterocycles. The maximum absolute atomic E-state index is 14.5. The van der Waals surface area contributed by atoms with E-state index >= 15 is 0 Å². The van der Waals surface area contributed by atoms with Crippen LogP contribution in [0.3, 0.4) is 0 Å². The summed E-state index contributed by atoms with van der Waals surface area (Å²) in [6, 6.07) is 14.4. The summed E-state index contributed by atoms with van der Waals surface area (Å²) in [6.07, 6.45) is 0. The number of nitro groups is 1. The van der Waals surface area contributed by atoms with Gasteiger partial charge in [-0.25, -0.2) is 13.7 Å². The van der Waals surface area contributed by atoms with Gasteiger partial charge in [-0.05, 0) is 54.1 Å². The largest absolute Gasteiger partial charge is 0.378 e. The number of amides is 2. The molecule has 0 saturated heterocycles. The van der Waals surface area contributed by atoms with E-state index in [2.05, 4.69) is 5.32 Å². The van der Waals surface area contributed by atoms with Crippen molar-refractivity contribution in [2.75, 3.05) is 29.2 Å². The van der Waals surface area contributed by atoms with Crippen molar-refractivity contribution >= 4 is 40.1 Å². The van der Waals surface area contributed by atoms with E-state index in [4.69, 9.17) is 0 Å². The van der Waals surface area contributed by atoms with Gasteiger partial charge in [-0.2, -0.15) is 0 Å². The number of rotatable bonds is 6. The van der Waals surface area contributed by atoms with Crippen molar-refractivity contribution in [1.82, 2.24) is 0 Å². The van der Waals surface area contributed by atoms with E-state index < -0.39 is 34.1 Å². The van der Waals surface area contributed by atoms with Crippen LogP contribution in [0.2, 0.25) is 0 Å². The van der Waals surface area contributed by atoms with Gasteiger partial charge in [-0.15, -0.1) is 0 Å². The Labute approximate surface area is 192 Å². The zero-order valence-corrected chi connectivity index (χ0v) is 18.1. The number of carbonyl (C=O) groups excluding carboxylic acids is 2. The van der Waals surface area contributed by atoms with Crippen molar-refractivity contribution in [2.45, 2.75) is 0 Å². The van der Waals surface area contributed by atoms with Gasteiger partial charge in [-0.1, -0.05) is 0 Å². The lowest BCUT2D eigenvalue weighted by Gasteiger charge is -2.16. The highest BCUT2D eigenvalue weighted by atomic mass is 19.1. The van der Waals surface area contributed by atoms with E-state index in [9.17, 15) is 28.5 Å². The van der Waals surface area contributed by atoms with E-state index in [0.29, 0.717) is 10.6 Å². The molecule has 8 nitrogen and oxygen atoms in total. The van der Waals surface area contributed by atoms with Gasteiger partial charge in [0.05, 0.1) is 16.2 Å². The number of hydrogen-bond acceptors (Lipinski definition) is 6. The molecule has 34 heavy (non-hydrogen) atoms. The second-order valence-electron chi connectivity index (χ2n) is 7.66. The van der Waals surface area contributed by atoms with Crippen molar-refractivity contribution in [3.8, 4) is 0 Å². The maximum Gasteiger partial charge on any atom is 0.282 e. The molecule has 0 aliphatic carbocycles. The SMILES string of the molecule is CN(C)c1ccc(NC2=C(c3ccc([N+](=O)[O-])cc3)C(=O)N(c3cc(F)ccc3F)C2=O)cc1. The Morgan fingerprint density at radius 2 is 1.56 bits per heavy atom. The first-order chi connectivity index (χ1) is 16.2. The van der Waals surface area contributed by atoms with Crippen LogP contribution in [0.15, 0.2) is 72.4 Å². The number of benzene rings is 3. The first-order valence-electron chi connectivity index (χ1n) is 10.0. The number of hydrogen-bond donors (Lipinski definition) is 1. The van der Waals surface area contributed by atoms with Crippen molar-refractivity contribution in [3.63, 3.8) is 0 Å². The predicted octanol–water partition coefficient (Wildman–Crippen LogP) is 4.34. The molecule has 3 aromatic rings. The highest BCUT2D eigenvalue weighted by molar-refractivity contribution is 6.46. The molecule has 1 aliphatic rings. The van der Waals surface area contributed by atoms with Crippen molar-refractivity contribution in [2.24, 2.45) is 0 Å². The molecule has 1 N–H and O–H groups in total. The van der Waals surface area contributed by atoms with E-state index in [1.807, 2.05) is 19.0 Å². The standard InChI is InChI=1S/C24H18F2N4O4/c1-28(2)17-10-6-16(7-11-17)27-22-21(14-3-8-18(9-4-14)30(33)34)23(31)29(24(22)32)20-13-15(25)5-12-19(20)26/h3-13,27H,1-2H3. The highest BCUT2D eigenvalue weighted by Gasteiger charge is 2.41. The lowest BCUT2D eigenvalue weighted by atomic mass is 10.0. The third-order valence-corrected chi connectivity index (χ3v) is 5.25. The monoisotopic (exact) mass is 464 g/mol. The van der Waals surface area contributed by atoms with Crippen molar-refractivity contribution < 1.29 is 23.3 Å². The van der Waals surface area contributed by atoms with Crippen LogP contribution in [0.4, 0.5) is 31.5 Å². The Morgan fingerprint density at radius 3 is 2.15 bits per heavy atom. The molecule has 0 atom stereocenters. The Bertz CT molecular complexity index is 1340. The molecule has 10 heteroatoms. The predicted molar refractivity (Wildman–Crippen MR) is 123 cm³/mol. The van der Waals surface area contributed by atoms with Crippen LogP contribution in [0.25, 0.3) is 5.57 Å². The molecule has 0 fully saturated rings. The number of carbonyl (C=O) groups is 2. The number of halogens is 2. The van der Waals surface area contributed by atoms with E-state index in [-0.39, 0.29) is 22.5 Å². The molecule has 0 spiro atoms. The molecule has 4 rings (SSSR count). The van der Waals surface area contributed by atoms with Gasteiger partial charge in [0.1, 0.15) is 17.3 Å². The van der Waals surface area contributed by atoms with Gasteiger partial charge in [0.15, 0.2) is 0 Å². The third kappa shape index (κ3) is 4.08. The second kappa shape index (κ2) is 8.74. The average molecular weight is 464 g/mol. The molecule has 0 bridgehead atoms. The Hall–Kier alpha value is -4.60. The zero-order valence-electron chi connectivity index (χ0n) is 18.1. The van der Waals surface area contributed by atoms with Gasteiger partial charge >= 0.3 is 0 Å². The van der Waals surface area contributed by atoms with Crippen LogP contribution < -0.4 is 15.1 Å². The summed E-state index contributed by atoms with van der Waals surface area (Å²) < 4.78 is 28.3. The number of nitro benzene ring substituents is 1. The van der Waals surface area contributed by atoms with Gasteiger partial charge in [-0.3, -0.25) is 19.7 Å². The van der Waals surface area contributed by atoms with Crippen LogP contribution >= 0.6 is 0 Å². The van der Waals surface area contributed by atoms with Crippen LogP contribution in [-0.2, 0) is 9.59 Å². The third-order valence-electron chi connectivity index (χ3n) is 5.25. The fourth-order valence-corrected chi connectivity index (χ4v) is 3.53. The van der Waals surface area contributed by atoms with E-state index in [1.165, 1.54) is 24.3 Å². The van der Waals surface area contributed by atoms with Gasteiger partial charge in [0, 0.05) is 43.7 Å². The van der Waals surface area contributed by atoms with Crippen molar-refractivity contribution in [3.05, 3.63) is 99.7 Å². The van der Waals surface area contributed by atoms with Crippen LogP contribution in [0, 0.1) is 21.7 Å². The lowest BCUT2D eigenvalue weighted by Crippen LogP contribution is -2.33.